The lowest BCUT2D eigenvalue weighted by Gasteiger charge is -2.34. The molecule has 0 bridgehead atoms. The third-order valence-corrected chi connectivity index (χ3v) is 5.82. The maximum atomic E-state index is 4.67. The van der Waals surface area contributed by atoms with Gasteiger partial charge in [0.1, 0.15) is 11.4 Å². The molecule has 0 saturated heterocycles. The van der Waals surface area contributed by atoms with E-state index in [9.17, 15) is 0 Å². The summed E-state index contributed by atoms with van der Waals surface area (Å²) in [4.78, 5) is 4.67. The van der Waals surface area contributed by atoms with Gasteiger partial charge >= 0.3 is 0 Å². The van der Waals surface area contributed by atoms with Gasteiger partial charge in [-0.3, -0.25) is 0 Å². The summed E-state index contributed by atoms with van der Waals surface area (Å²) in [5.74, 6) is 1.04. The van der Waals surface area contributed by atoms with Crippen LogP contribution in [0.4, 0.5) is 0 Å². The van der Waals surface area contributed by atoms with E-state index in [2.05, 4.69) is 111 Å². The molecule has 0 radical (unpaired) electrons. The number of halogens is 1. The monoisotopic (exact) mass is 400 g/mol. The minimum absolute atomic E-state index is 0.287. The van der Waals surface area contributed by atoms with Gasteiger partial charge in [0.2, 0.25) is 0 Å². The molecule has 2 heterocycles. The highest BCUT2D eigenvalue weighted by Gasteiger charge is 2.44. The van der Waals surface area contributed by atoms with Crippen molar-refractivity contribution in [3.8, 4) is 11.4 Å². The Labute approximate surface area is 161 Å². The Kier molecular flexibility index (Phi) is 3.57. The van der Waals surface area contributed by atoms with E-state index in [0.717, 1.165) is 16.7 Å². The first-order chi connectivity index (χ1) is 12.8. The van der Waals surface area contributed by atoms with Crippen LogP contribution in [0.15, 0.2) is 95.7 Å². The fourth-order valence-corrected chi connectivity index (χ4v) is 4.44. The molecule has 0 aliphatic carbocycles. The summed E-state index contributed by atoms with van der Waals surface area (Å²) in [5.41, 5.74) is 4.83. The number of nitrogens with zero attached hydrogens (tertiary/aromatic N) is 2. The summed E-state index contributed by atoms with van der Waals surface area (Å²) >= 11 is 3.58. The van der Waals surface area contributed by atoms with Gasteiger partial charge in [0.15, 0.2) is 0 Å². The number of imidazole rings is 1. The highest BCUT2D eigenvalue weighted by molar-refractivity contribution is 9.10. The largest absolute Gasteiger partial charge is 0.316 e. The quantitative estimate of drug-likeness (QED) is 0.433. The van der Waals surface area contributed by atoms with Crippen molar-refractivity contribution >= 4 is 15.9 Å². The molecule has 126 valence electrons. The molecule has 0 unspecified atom stereocenters. The molecular weight excluding hydrogens is 384 g/mol. The third kappa shape index (κ3) is 2.20. The first-order valence-electron chi connectivity index (χ1n) is 8.73. The van der Waals surface area contributed by atoms with Crippen LogP contribution in [0.1, 0.15) is 16.7 Å². The molecule has 4 aromatic rings. The van der Waals surface area contributed by atoms with Crippen molar-refractivity contribution in [3.05, 3.63) is 112 Å². The van der Waals surface area contributed by atoms with E-state index in [0.29, 0.717) is 0 Å². The Morgan fingerprint density at radius 2 is 1.58 bits per heavy atom. The van der Waals surface area contributed by atoms with Gasteiger partial charge in [0.25, 0.3) is 0 Å². The van der Waals surface area contributed by atoms with Crippen molar-refractivity contribution < 1.29 is 0 Å². The van der Waals surface area contributed by atoms with E-state index in [1.165, 1.54) is 22.3 Å². The number of benzene rings is 3. The van der Waals surface area contributed by atoms with Gasteiger partial charge in [0, 0.05) is 28.9 Å². The molecule has 0 N–H and O–H groups in total. The highest BCUT2D eigenvalue weighted by Crippen LogP contribution is 2.48. The maximum Gasteiger partial charge on any atom is 0.141 e. The summed E-state index contributed by atoms with van der Waals surface area (Å²) in [6, 6.07) is 28.0. The van der Waals surface area contributed by atoms with E-state index in [-0.39, 0.29) is 5.54 Å². The Morgan fingerprint density at radius 3 is 2.38 bits per heavy atom. The molecule has 0 saturated carbocycles. The zero-order chi connectivity index (χ0) is 17.6. The summed E-state index contributed by atoms with van der Waals surface area (Å²) < 4.78 is 3.43. The van der Waals surface area contributed by atoms with E-state index in [1.807, 2.05) is 6.20 Å². The molecule has 1 aliphatic rings. The molecule has 1 atom stereocenters. The van der Waals surface area contributed by atoms with E-state index >= 15 is 0 Å². The van der Waals surface area contributed by atoms with Crippen molar-refractivity contribution in [1.29, 1.82) is 0 Å². The van der Waals surface area contributed by atoms with Gasteiger partial charge in [-0.15, -0.1) is 0 Å². The van der Waals surface area contributed by atoms with Crippen LogP contribution in [0.2, 0.25) is 0 Å². The fourth-order valence-electron chi connectivity index (χ4n) is 4.17. The lowest BCUT2D eigenvalue weighted by atomic mass is 9.78. The van der Waals surface area contributed by atoms with Gasteiger partial charge in [0.05, 0.1) is 0 Å². The second-order valence-corrected chi connectivity index (χ2v) is 7.61. The van der Waals surface area contributed by atoms with E-state index in [4.69, 9.17) is 0 Å². The van der Waals surface area contributed by atoms with Crippen LogP contribution < -0.4 is 0 Å². The first kappa shape index (κ1) is 15.6. The predicted octanol–water partition coefficient (Wildman–Crippen LogP) is 5.66. The average Bonchev–Trinajstić information content (AvgIpc) is 3.26. The molecule has 3 aromatic carbocycles. The van der Waals surface area contributed by atoms with Crippen LogP contribution in [-0.2, 0) is 12.0 Å². The Balaban J connectivity index is 1.82. The van der Waals surface area contributed by atoms with Crippen LogP contribution in [0.5, 0.6) is 0 Å². The minimum Gasteiger partial charge on any atom is -0.316 e. The molecule has 0 fully saturated rings. The predicted molar refractivity (Wildman–Crippen MR) is 108 cm³/mol. The molecule has 0 spiro atoms. The van der Waals surface area contributed by atoms with Crippen LogP contribution in [0.3, 0.4) is 0 Å². The molecule has 1 aromatic heterocycles. The molecule has 3 heteroatoms. The first-order valence-corrected chi connectivity index (χ1v) is 9.52. The zero-order valence-corrected chi connectivity index (χ0v) is 15.7. The van der Waals surface area contributed by atoms with Crippen molar-refractivity contribution in [2.75, 3.05) is 0 Å². The number of fused-ring (bicyclic) bond motifs is 3. The van der Waals surface area contributed by atoms with Crippen molar-refractivity contribution in [2.45, 2.75) is 12.0 Å². The van der Waals surface area contributed by atoms with E-state index in [1.54, 1.807) is 0 Å². The van der Waals surface area contributed by atoms with Gasteiger partial charge in [-0.2, -0.15) is 0 Å². The normalized spacial score (nSPS) is 17.7. The average molecular weight is 401 g/mol. The Bertz CT molecular complexity index is 1070. The lowest BCUT2D eigenvalue weighted by molar-refractivity contribution is 0.450. The van der Waals surface area contributed by atoms with Crippen molar-refractivity contribution in [3.63, 3.8) is 0 Å². The maximum absolute atomic E-state index is 4.67. The van der Waals surface area contributed by atoms with Crippen LogP contribution in [-0.4, -0.2) is 9.55 Å². The van der Waals surface area contributed by atoms with Crippen LogP contribution >= 0.6 is 15.9 Å². The summed E-state index contributed by atoms with van der Waals surface area (Å²) in [6.07, 6.45) is 4.90. The van der Waals surface area contributed by atoms with Crippen molar-refractivity contribution in [1.82, 2.24) is 9.55 Å². The summed E-state index contributed by atoms with van der Waals surface area (Å²) in [7, 11) is 0. The molecule has 1 aliphatic heterocycles. The topological polar surface area (TPSA) is 17.8 Å². The summed E-state index contributed by atoms with van der Waals surface area (Å²) in [5, 5.41) is 0. The second kappa shape index (κ2) is 5.96. The van der Waals surface area contributed by atoms with Crippen molar-refractivity contribution in [2.24, 2.45) is 0 Å². The summed E-state index contributed by atoms with van der Waals surface area (Å²) in [6.45, 7) is 0. The van der Waals surface area contributed by atoms with Gasteiger partial charge in [-0.25, -0.2) is 4.98 Å². The lowest BCUT2D eigenvalue weighted by Crippen LogP contribution is -2.35. The Hall–Kier alpha value is -2.65. The number of hydrogen-bond donors (Lipinski definition) is 0. The molecule has 2 nitrogen and oxygen atoms in total. The SMILES string of the molecule is Brc1ccc([C@]2(Cc3ccccc3)c3ccccc3-c3nccn32)cc1. The van der Waals surface area contributed by atoms with E-state index < -0.39 is 0 Å². The molecule has 26 heavy (non-hydrogen) atoms. The molecular formula is C23H17BrN2. The number of hydrogen-bond acceptors (Lipinski definition) is 1. The standard InChI is InChI=1S/C23H17BrN2/c24-19-12-10-18(11-13-19)23(16-17-6-2-1-3-7-17)21-9-5-4-8-20(21)22-25-14-15-26(22)23/h1-15H,16H2/t23-/m1/s1. The molecule has 5 rings (SSSR count). The van der Waals surface area contributed by atoms with Gasteiger partial charge in [-0.05, 0) is 28.8 Å². The Morgan fingerprint density at radius 1 is 0.846 bits per heavy atom. The second-order valence-electron chi connectivity index (χ2n) is 6.70. The van der Waals surface area contributed by atoms with Crippen LogP contribution in [0, 0.1) is 0 Å². The third-order valence-electron chi connectivity index (χ3n) is 5.29. The zero-order valence-electron chi connectivity index (χ0n) is 14.1. The smallest absolute Gasteiger partial charge is 0.141 e. The number of rotatable bonds is 3. The highest BCUT2D eigenvalue weighted by atomic mass is 79.9. The minimum atomic E-state index is -0.287. The van der Waals surface area contributed by atoms with Gasteiger partial charge < -0.3 is 4.57 Å². The van der Waals surface area contributed by atoms with Gasteiger partial charge in [-0.1, -0.05) is 82.7 Å². The van der Waals surface area contributed by atoms with Crippen LogP contribution in [0.25, 0.3) is 11.4 Å². The molecule has 0 amide bonds. The number of aromatic nitrogens is 2. The fraction of sp³-hybridized carbons (Fsp3) is 0.0870.